The highest BCUT2D eigenvalue weighted by Gasteiger charge is 2.15. The average molecular weight is 409 g/mol. The molecule has 1 N–H and O–H groups in total. The van der Waals surface area contributed by atoms with E-state index in [0.717, 1.165) is 5.69 Å². The predicted octanol–water partition coefficient (Wildman–Crippen LogP) is 4.63. The summed E-state index contributed by atoms with van der Waals surface area (Å²) in [6.45, 7) is 7.58. The average Bonchev–Trinajstić information content (AvgIpc) is 3.06. The molecular weight excluding hydrogens is 384 g/mol. The van der Waals surface area contributed by atoms with Crippen molar-refractivity contribution >= 4 is 29.1 Å². The fourth-order valence-corrected chi connectivity index (χ4v) is 3.82. The van der Waals surface area contributed by atoms with E-state index >= 15 is 0 Å². The maximum atomic E-state index is 12.6. The number of hydrogen-bond acceptors (Lipinski definition) is 5. The molecule has 0 saturated heterocycles. The number of ketones is 1. The molecule has 0 spiro atoms. The van der Waals surface area contributed by atoms with Crippen molar-refractivity contribution in [2.75, 3.05) is 11.1 Å². The molecule has 29 heavy (non-hydrogen) atoms. The third kappa shape index (κ3) is 5.12. The van der Waals surface area contributed by atoms with Crippen LogP contribution < -0.4 is 5.32 Å². The first kappa shape index (κ1) is 20.8. The van der Waals surface area contributed by atoms with Crippen LogP contribution in [0.2, 0.25) is 0 Å². The Morgan fingerprint density at radius 3 is 2.48 bits per heavy atom. The van der Waals surface area contributed by atoms with Crippen LogP contribution in [0, 0.1) is 6.92 Å². The molecule has 0 unspecified atom stereocenters. The van der Waals surface area contributed by atoms with Crippen LogP contribution in [0.15, 0.2) is 53.7 Å². The van der Waals surface area contributed by atoms with E-state index in [9.17, 15) is 9.59 Å². The van der Waals surface area contributed by atoms with Crippen LogP contribution >= 0.6 is 11.8 Å². The standard InChI is InChI=1S/C22H24N4O2S/c1-14(2)17-8-10-18(11-9-17)21(28)13-29-22-25-24-15(3)26(22)20-7-5-6-19(12-20)23-16(4)27/h5-12,14H,13H2,1-4H3,(H,23,27). The van der Waals surface area contributed by atoms with E-state index in [4.69, 9.17) is 0 Å². The van der Waals surface area contributed by atoms with Crippen LogP contribution in [0.4, 0.5) is 5.69 Å². The highest BCUT2D eigenvalue weighted by atomic mass is 32.2. The summed E-state index contributed by atoms with van der Waals surface area (Å²) in [6.07, 6.45) is 0. The molecule has 1 heterocycles. The van der Waals surface area contributed by atoms with Gasteiger partial charge in [0.05, 0.1) is 11.4 Å². The number of aryl methyl sites for hydroxylation is 1. The Labute approximate surface area is 174 Å². The van der Waals surface area contributed by atoms with Gasteiger partial charge in [0.2, 0.25) is 5.91 Å². The van der Waals surface area contributed by atoms with E-state index in [2.05, 4.69) is 29.4 Å². The summed E-state index contributed by atoms with van der Waals surface area (Å²) < 4.78 is 1.88. The van der Waals surface area contributed by atoms with Gasteiger partial charge in [-0.1, -0.05) is 55.9 Å². The zero-order chi connectivity index (χ0) is 21.0. The van der Waals surface area contributed by atoms with Crippen molar-refractivity contribution in [3.05, 3.63) is 65.5 Å². The summed E-state index contributed by atoms with van der Waals surface area (Å²) in [4.78, 5) is 23.9. The molecule has 0 aliphatic carbocycles. The number of amides is 1. The Bertz CT molecular complexity index is 1030. The summed E-state index contributed by atoms with van der Waals surface area (Å²) >= 11 is 1.35. The van der Waals surface area contributed by atoms with Crippen LogP contribution in [0.1, 0.15) is 48.4 Å². The Morgan fingerprint density at radius 2 is 1.83 bits per heavy atom. The summed E-state index contributed by atoms with van der Waals surface area (Å²) in [5.41, 5.74) is 3.43. The summed E-state index contributed by atoms with van der Waals surface area (Å²) in [5.74, 6) is 1.32. The van der Waals surface area contributed by atoms with Crippen LogP contribution in [-0.2, 0) is 4.79 Å². The van der Waals surface area contributed by atoms with Crippen LogP contribution in [0.3, 0.4) is 0 Å². The Balaban J connectivity index is 1.76. The molecular formula is C22H24N4O2S. The van der Waals surface area contributed by atoms with E-state index in [0.29, 0.717) is 28.1 Å². The minimum absolute atomic E-state index is 0.0458. The van der Waals surface area contributed by atoms with Gasteiger partial charge in [0.1, 0.15) is 5.82 Å². The van der Waals surface area contributed by atoms with E-state index < -0.39 is 0 Å². The SMILES string of the molecule is CC(=O)Nc1cccc(-n2c(C)nnc2SCC(=O)c2ccc(C(C)C)cc2)c1. The van der Waals surface area contributed by atoms with Crippen LogP contribution in [-0.4, -0.2) is 32.2 Å². The number of Topliss-reactive ketones (excluding diaryl/α,β-unsaturated/α-hetero) is 1. The zero-order valence-corrected chi connectivity index (χ0v) is 17.8. The van der Waals surface area contributed by atoms with Crippen LogP contribution in [0.5, 0.6) is 0 Å². The molecule has 3 aromatic rings. The monoisotopic (exact) mass is 408 g/mol. The van der Waals surface area contributed by atoms with Crippen LogP contribution in [0.25, 0.3) is 5.69 Å². The molecule has 150 valence electrons. The lowest BCUT2D eigenvalue weighted by Gasteiger charge is -2.10. The second-order valence-electron chi connectivity index (χ2n) is 7.09. The lowest BCUT2D eigenvalue weighted by atomic mass is 10.0. The van der Waals surface area contributed by atoms with Crippen molar-refractivity contribution in [3.63, 3.8) is 0 Å². The van der Waals surface area contributed by atoms with Gasteiger partial charge in [-0.05, 0) is 36.6 Å². The lowest BCUT2D eigenvalue weighted by molar-refractivity contribution is -0.114. The number of hydrogen-bond donors (Lipinski definition) is 1. The van der Waals surface area contributed by atoms with E-state index in [1.165, 1.54) is 24.2 Å². The van der Waals surface area contributed by atoms with E-state index in [-0.39, 0.29) is 17.4 Å². The van der Waals surface area contributed by atoms with Gasteiger partial charge in [-0.2, -0.15) is 0 Å². The second kappa shape index (κ2) is 9.05. The quantitative estimate of drug-likeness (QED) is 0.455. The molecule has 0 bridgehead atoms. The smallest absolute Gasteiger partial charge is 0.221 e. The van der Waals surface area contributed by atoms with Gasteiger partial charge in [0, 0.05) is 18.2 Å². The minimum atomic E-state index is -0.133. The van der Waals surface area contributed by atoms with Gasteiger partial charge in [-0.15, -0.1) is 10.2 Å². The molecule has 0 fully saturated rings. The first-order valence-corrected chi connectivity index (χ1v) is 10.4. The van der Waals surface area contributed by atoms with Gasteiger partial charge >= 0.3 is 0 Å². The number of thioether (sulfide) groups is 1. The van der Waals surface area contributed by atoms with Crippen molar-refractivity contribution < 1.29 is 9.59 Å². The number of aromatic nitrogens is 3. The second-order valence-corrected chi connectivity index (χ2v) is 8.03. The van der Waals surface area contributed by atoms with Crippen molar-refractivity contribution in [1.29, 1.82) is 0 Å². The number of carbonyl (C=O) groups excluding carboxylic acids is 2. The first-order valence-electron chi connectivity index (χ1n) is 9.41. The number of carbonyl (C=O) groups is 2. The molecule has 1 aromatic heterocycles. The molecule has 0 saturated carbocycles. The van der Waals surface area contributed by atoms with Gasteiger partial charge in [-0.3, -0.25) is 14.2 Å². The largest absolute Gasteiger partial charge is 0.326 e. The predicted molar refractivity (Wildman–Crippen MR) is 116 cm³/mol. The number of anilines is 1. The van der Waals surface area contributed by atoms with Crippen molar-refractivity contribution in [2.45, 2.75) is 38.8 Å². The Morgan fingerprint density at radius 1 is 1.10 bits per heavy atom. The molecule has 0 aliphatic heterocycles. The Hall–Kier alpha value is -2.93. The summed E-state index contributed by atoms with van der Waals surface area (Å²) in [5, 5.41) is 11.8. The number of rotatable bonds is 7. The highest BCUT2D eigenvalue weighted by molar-refractivity contribution is 7.99. The van der Waals surface area contributed by atoms with Gasteiger partial charge in [0.15, 0.2) is 10.9 Å². The zero-order valence-electron chi connectivity index (χ0n) is 17.0. The molecule has 6 nitrogen and oxygen atoms in total. The highest BCUT2D eigenvalue weighted by Crippen LogP contribution is 2.25. The third-order valence-corrected chi connectivity index (χ3v) is 5.38. The van der Waals surface area contributed by atoms with E-state index in [1.54, 1.807) is 0 Å². The number of benzene rings is 2. The maximum Gasteiger partial charge on any atom is 0.221 e. The van der Waals surface area contributed by atoms with Crippen molar-refractivity contribution in [3.8, 4) is 5.69 Å². The van der Waals surface area contributed by atoms with Gasteiger partial charge < -0.3 is 5.32 Å². The molecule has 7 heteroatoms. The van der Waals surface area contributed by atoms with Crippen molar-refractivity contribution in [2.24, 2.45) is 0 Å². The fraction of sp³-hybridized carbons (Fsp3) is 0.273. The topological polar surface area (TPSA) is 76.9 Å². The molecule has 0 atom stereocenters. The Kier molecular flexibility index (Phi) is 6.49. The molecule has 1 amide bonds. The third-order valence-electron chi connectivity index (χ3n) is 4.45. The number of nitrogens with zero attached hydrogens (tertiary/aromatic N) is 3. The molecule has 0 aliphatic rings. The minimum Gasteiger partial charge on any atom is -0.326 e. The summed E-state index contributed by atoms with van der Waals surface area (Å²) in [6, 6.07) is 15.2. The first-order chi connectivity index (χ1) is 13.8. The normalized spacial score (nSPS) is 10.9. The molecule has 0 radical (unpaired) electrons. The van der Waals surface area contributed by atoms with Gasteiger partial charge in [-0.25, -0.2) is 0 Å². The van der Waals surface area contributed by atoms with Crippen molar-refractivity contribution in [1.82, 2.24) is 14.8 Å². The lowest BCUT2D eigenvalue weighted by Crippen LogP contribution is -2.07. The fourth-order valence-electron chi connectivity index (χ4n) is 2.93. The summed E-state index contributed by atoms with van der Waals surface area (Å²) in [7, 11) is 0. The molecule has 3 rings (SSSR count). The van der Waals surface area contributed by atoms with Gasteiger partial charge in [0.25, 0.3) is 0 Å². The maximum absolute atomic E-state index is 12.6. The number of nitrogens with one attached hydrogen (secondary N) is 1. The molecule has 2 aromatic carbocycles. The van der Waals surface area contributed by atoms with E-state index in [1.807, 2.05) is 60.0 Å².